The predicted molar refractivity (Wildman–Crippen MR) is 78.1 cm³/mol. The fourth-order valence-corrected chi connectivity index (χ4v) is 2.72. The van der Waals surface area contributed by atoms with Crippen LogP contribution in [0.25, 0.3) is 10.9 Å². The maximum Gasteiger partial charge on any atom is 0.261 e. The van der Waals surface area contributed by atoms with Gasteiger partial charge in [-0.2, -0.15) is 0 Å². The summed E-state index contributed by atoms with van der Waals surface area (Å²) >= 11 is 1.50. The standard InChI is InChI=1S/C14H16N2O2S/c1-5-19-14-15-12-10(9(3)17)6-8(2)7-11(12)13(18)16(14)4/h6-7H,5H2,1-4H3. The third-order valence-electron chi connectivity index (χ3n) is 2.94. The van der Waals surface area contributed by atoms with Crippen LogP contribution in [-0.2, 0) is 7.05 Å². The Labute approximate surface area is 115 Å². The molecule has 5 heteroatoms. The molecule has 100 valence electrons. The molecule has 1 heterocycles. The van der Waals surface area contributed by atoms with Crippen molar-refractivity contribution < 1.29 is 4.79 Å². The van der Waals surface area contributed by atoms with Crippen molar-refractivity contribution in [3.05, 3.63) is 33.6 Å². The summed E-state index contributed by atoms with van der Waals surface area (Å²) in [7, 11) is 1.71. The maximum atomic E-state index is 12.3. The molecule has 0 saturated heterocycles. The van der Waals surface area contributed by atoms with E-state index in [-0.39, 0.29) is 11.3 Å². The molecule has 0 atom stereocenters. The van der Waals surface area contributed by atoms with Crippen LogP contribution in [0.1, 0.15) is 29.8 Å². The molecule has 0 amide bonds. The van der Waals surface area contributed by atoms with Crippen LogP contribution in [0.15, 0.2) is 22.1 Å². The van der Waals surface area contributed by atoms with Crippen molar-refractivity contribution in [3.8, 4) is 0 Å². The van der Waals surface area contributed by atoms with Gasteiger partial charge in [0.15, 0.2) is 10.9 Å². The number of hydrogen-bond acceptors (Lipinski definition) is 4. The number of nitrogens with zero attached hydrogens (tertiary/aromatic N) is 2. The number of hydrogen-bond donors (Lipinski definition) is 0. The van der Waals surface area contributed by atoms with E-state index in [1.54, 1.807) is 23.7 Å². The molecule has 19 heavy (non-hydrogen) atoms. The van der Waals surface area contributed by atoms with Crippen LogP contribution in [0, 0.1) is 6.92 Å². The highest BCUT2D eigenvalue weighted by atomic mass is 32.2. The molecule has 1 aromatic heterocycles. The second-order valence-corrected chi connectivity index (χ2v) is 5.69. The quantitative estimate of drug-likeness (QED) is 0.491. The first-order valence-corrected chi connectivity index (χ1v) is 7.09. The van der Waals surface area contributed by atoms with Crippen LogP contribution in [0.4, 0.5) is 0 Å². The summed E-state index contributed by atoms with van der Waals surface area (Å²) in [5.74, 6) is 0.759. The molecule has 0 unspecified atom stereocenters. The number of carbonyl (C=O) groups is 1. The van der Waals surface area contributed by atoms with E-state index in [1.807, 2.05) is 13.8 Å². The molecule has 0 bridgehead atoms. The molecular formula is C14H16N2O2S. The Hall–Kier alpha value is -1.62. The van der Waals surface area contributed by atoms with Gasteiger partial charge in [0.2, 0.25) is 0 Å². The van der Waals surface area contributed by atoms with Gasteiger partial charge in [-0.15, -0.1) is 0 Å². The van der Waals surface area contributed by atoms with Gasteiger partial charge in [-0.3, -0.25) is 14.2 Å². The molecule has 0 N–H and O–H groups in total. The van der Waals surface area contributed by atoms with E-state index in [2.05, 4.69) is 4.98 Å². The number of aromatic nitrogens is 2. The second kappa shape index (κ2) is 5.17. The molecule has 0 aliphatic carbocycles. The van der Waals surface area contributed by atoms with Gasteiger partial charge in [0.05, 0.1) is 10.9 Å². The first-order chi connectivity index (χ1) is 8.95. The number of carbonyl (C=O) groups excluding carboxylic acids is 1. The van der Waals surface area contributed by atoms with Crippen molar-refractivity contribution in [2.75, 3.05) is 5.75 Å². The number of thioether (sulfide) groups is 1. The van der Waals surface area contributed by atoms with Gasteiger partial charge >= 0.3 is 0 Å². The zero-order chi connectivity index (χ0) is 14.2. The molecule has 0 aliphatic rings. The van der Waals surface area contributed by atoms with Crippen LogP contribution in [0.2, 0.25) is 0 Å². The molecule has 0 saturated carbocycles. The summed E-state index contributed by atoms with van der Waals surface area (Å²) in [5, 5.41) is 1.15. The van der Waals surface area contributed by atoms with Crippen molar-refractivity contribution in [3.63, 3.8) is 0 Å². The molecule has 2 rings (SSSR count). The van der Waals surface area contributed by atoms with E-state index < -0.39 is 0 Å². The molecular weight excluding hydrogens is 260 g/mol. The van der Waals surface area contributed by atoms with E-state index in [0.29, 0.717) is 21.6 Å². The Balaban J connectivity index is 2.92. The van der Waals surface area contributed by atoms with Crippen molar-refractivity contribution >= 4 is 28.4 Å². The minimum Gasteiger partial charge on any atom is -0.294 e. The monoisotopic (exact) mass is 276 g/mol. The molecule has 0 aliphatic heterocycles. The topological polar surface area (TPSA) is 52.0 Å². The largest absolute Gasteiger partial charge is 0.294 e. The minimum absolute atomic E-state index is 0.0677. The summed E-state index contributed by atoms with van der Waals surface area (Å²) in [6, 6.07) is 3.58. The SMILES string of the molecule is CCSc1nc2c(C(C)=O)cc(C)cc2c(=O)n1C. The molecule has 0 spiro atoms. The van der Waals surface area contributed by atoms with Crippen molar-refractivity contribution in [1.29, 1.82) is 0 Å². The van der Waals surface area contributed by atoms with E-state index in [1.165, 1.54) is 18.7 Å². The fraction of sp³-hybridized carbons (Fsp3) is 0.357. The average molecular weight is 276 g/mol. The molecule has 2 aromatic rings. The van der Waals surface area contributed by atoms with E-state index >= 15 is 0 Å². The van der Waals surface area contributed by atoms with Crippen LogP contribution >= 0.6 is 11.8 Å². The van der Waals surface area contributed by atoms with Gasteiger partial charge in [-0.1, -0.05) is 18.7 Å². The first kappa shape index (κ1) is 13.8. The highest BCUT2D eigenvalue weighted by Crippen LogP contribution is 2.21. The van der Waals surface area contributed by atoms with Crippen LogP contribution in [-0.4, -0.2) is 21.1 Å². The Kier molecular flexibility index (Phi) is 3.75. The highest BCUT2D eigenvalue weighted by Gasteiger charge is 2.14. The smallest absolute Gasteiger partial charge is 0.261 e. The maximum absolute atomic E-state index is 12.3. The predicted octanol–water partition coefficient (Wildman–Crippen LogP) is 2.56. The number of fused-ring (bicyclic) bond motifs is 1. The normalized spacial score (nSPS) is 10.9. The summed E-state index contributed by atoms with van der Waals surface area (Å²) in [4.78, 5) is 28.6. The number of Topliss-reactive ketones (excluding diaryl/α,β-unsaturated/α-hetero) is 1. The number of benzene rings is 1. The van der Waals surface area contributed by atoms with Gasteiger partial charge < -0.3 is 0 Å². The fourth-order valence-electron chi connectivity index (χ4n) is 2.03. The minimum atomic E-state index is -0.104. The highest BCUT2D eigenvalue weighted by molar-refractivity contribution is 7.99. The summed E-state index contributed by atoms with van der Waals surface area (Å²) in [6.07, 6.45) is 0. The van der Waals surface area contributed by atoms with Crippen LogP contribution in [0.3, 0.4) is 0 Å². The van der Waals surface area contributed by atoms with E-state index in [9.17, 15) is 9.59 Å². The van der Waals surface area contributed by atoms with Gasteiger partial charge in [-0.25, -0.2) is 4.98 Å². The van der Waals surface area contributed by atoms with Gasteiger partial charge in [-0.05, 0) is 37.3 Å². The number of rotatable bonds is 3. The Morgan fingerprint density at radius 2 is 2.11 bits per heavy atom. The zero-order valence-electron chi connectivity index (χ0n) is 11.5. The molecule has 4 nitrogen and oxygen atoms in total. The lowest BCUT2D eigenvalue weighted by atomic mass is 10.0. The zero-order valence-corrected chi connectivity index (χ0v) is 12.3. The third kappa shape index (κ3) is 2.42. The van der Waals surface area contributed by atoms with Gasteiger partial charge in [0.25, 0.3) is 5.56 Å². The summed E-state index contributed by atoms with van der Waals surface area (Å²) in [5.41, 5.74) is 1.82. The lowest BCUT2D eigenvalue weighted by molar-refractivity contribution is 0.101. The van der Waals surface area contributed by atoms with Crippen LogP contribution in [0.5, 0.6) is 0 Å². The molecule has 1 aromatic carbocycles. The van der Waals surface area contributed by atoms with Gasteiger partial charge in [0.1, 0.15) is 0 Å². The summed E-state index contributed by atoms with van der Waals surface area (Å²) < 4.78 is 1.54. The van der Waals surface area contributed by atoms with Crippen molar-refractivity contribution in [2.24, 2.45) is 7.05 Å². The average Bonchev–Trinajstić information content (AvgIpc) is 2.36. The van der Waals surface area contributed by atoms with Crippen molar-refractivity contribution in [2.45, 2.75) is 25.9 Å². The Morgan fingerprint density at radius 3 is 2.68 bits per heavy atom. The van der Waals surface area contributed by atoms with Crippen molar-refractivity contribution in [1.82, 2.24) is 9.55 Å². The third-order valence-corrected chi connectivity index (χ3v) is 3.85. The number of aryl methyl sites for hydroxylation is 1. The van der Waals surface area contributed by atoms with E-state index in [4.69, 9.17) is 0 Å². The lowest BCUT2D eigenvalue weighted by Crippen LogP contribution is -2.21. The number of ketones is 1. The van der Waals surface area contributed by atoms with Gasteiger partial charge in [0, 0.05) is 12.6 Å². The molecule has 0 fully saturated rings. The molecule has 0 radical (unpaired) electrons. The first-order valence-electron chi connectivity index (χ1n) is 6.10. The van der Waals surface area contributed by atoms with E-state index in [0.717, 1.165) is 11.3 Å². The van der Waals surface area contributed by atoms with Crippen LogP contribution < -0.4 is 5.56 Å². The second-order valence-electron chi connectivity index (χ2n) is 4.46. The summed E-state index contributed by atoms with van der Waals surface area (Å²) in [6.45, 7) is 5.38. The Morgan fingerprint density at radius 1 is 1.42 bits per heavy atom. The lowest BCUT2D eigenvalue weighted by Gasteiger charge is -2.10. The Bertz CT molecular complexity index is 719.